The van der Waals surface area contributed by atoms with Crippen molar-refractivity contribution in [2.24, 2.45) is 0 Å². The molecule has 0 spiro atoms. The van der Waals surface area contributed by atoms with Crippen LogP contribution >= 0.6 is 0 Å². The number of nitrogens with zero attached hydrogens (tertiary/aromatic N) is 1. The first-order chi connectivity index (χ1) is 15.8. The number of carbonyl (C=O) groups excluding carboxylic acids is 2. The number of anilines is 1. The Bertz CT molecular complexity index is 904. The number of nitrogens with one attached hydrogen (secondary N) is 2. The molecule has 3 rings (SSSR count). The van der Waals surface area contributed by atoms with E-state index >= 15 is 0 Å². The van der Waals surface area contributed by atoms with Crippen LogP contribution in [0.1, 0.15) is 60.7 Å². The van der Waals surface area contributed by atoms with E-state index < -0.39 is 0 Å². The van der Waals surface area contributed by atoms with Crippen LogP contribution in [0.4, 0.5) is 5.69 Å². The molecule has 0 unspecified atom stereocenters. The number of rotatable bonds is 11. The summed E-state index contributed by atoms with van der Waals surface area (Å²) in [5.41, 5.74) is 5.24. The number of methoxy groups -OCH3 is 1. The standard InChI is InChI=1S/C25H37N3O5/c1-16(2)27-23-19(24(31-5)18(4)20-14-33-25(30)22(20)23)8-6-17(3)7-9-21(29)32-13-12-28-11-10-26-15-28/h6,16,26-27H,7-15H2,1-5H3/b17-6+. The van der Waals surface area contributed by atoms with Gasteiger partial charge in [-0.2, -0.15) is 0 Å². The average Bonchev–Trinajstić information content (AvgIpc) is 3.42. The van der Waals surface area contributed by atoms with Crippen molar-refractivity contribution in [2.45, 2.75) is 59.6 Å². The van der Waals surface area contributed by atoms with Crippen LogP contribution < -0.4 is 15.4 Å². The Morgan fingerprint density at radius 2 is 2.12 bits per heavy atom. The molecule has 0 radical (unpaired) electrons. The quantitative estimate of drug-likeness (QED) is 0.385. The number of hydrogen-bond acceptors (Lipinski definition) is 8. The van der Waals surface area contributed by atoms with E-state index in [-0.39, 0.29) is 24.6 Å². The fraction of sp³-hybridized carbons (Fsp3) is 0.600. The molecule has 0 atom stereocenters. The topological polar surface area (TPSA) is 89.1 Å². The van der Waals surface area contributed by atoms with Crippen molar-refractivity contribution < 1.29 is 23.8 Å². The lowest BCUT2D eigenvalue weighted by molar-refractivity contribution is -0.143. The molecule has 1 fully saturated rings. The Morgan fingerprint density at radius 3 is 2.79 bits per heavy atom. The van der Waals surface area contributed by atoms with E-state index in [0.717, 1.165) is 60.0 Å². The van der Waals surface area contributed by atoms with E-state index in [1.54, 1.807) is 7.11 Å². The Hall–Kier alpha value is -2.58. The fourth-order valence-electron chi connectivity index (χ4n) is 4.28. The van der Waals surface area contributed by atoms with Crippen LogP contribution in [-0.2, 0) is 27.3 Å². The molecule has 2 N–H and O–H groups in total. The normalized spacial score (nSPS) is 16.2. The number of allylic oxidation sites excluding steroid dienone is 2. The first-order valence-electron chi connectivity index (χ1n) is 11.7. The van der Waals surface area contributed by atoms with Gasteiger partial charge in [-0.05, 0) is 46.1 Å². The molecule has 0 aromatic heterocycles. The molecule has 0 saturated carbocycles. The van der Waals surface area contributed by atoms with Crippen molar-refractivity contribution in [1.29, 1.82) is 0 Å². The Balaban J connectivity index is 1.66. The van der Waals surface area contributed by atoms with E-state index in [0.29, 0.717) is 31.4 Å². The maximum atomic E-state index is 12.5. The summed E-state index contributed by atoms with van der Waals surface area (Å²) >= 11 is 0. The summed E-state index contributed by atoms with van der Waals surface area (Å²) in [6.45, 7) is 12.4. The molecule has 0 amide bonds. The van der Waals surface area contributed by atoms with Crippen LogP contribution in [0.2, 0.25) is 0 Å². The maximum Gasteiger partial charge on any atom is 0.341 e. The Morgan fingerprint density at radius 1 is 1.33 bits per heavy atom. The van der Waals surface area contributed by atoms with Crippen LogP contribution in [0, 0.1) is 6.92 Å². The number of ether oxygens (including phenoxy) is 3. The third-order valence-electron chi connectivity index (χ3n) is 6.10. The Labute approximate surface area is 196 Å². The van der Waals surface area contributed by atoms with Gasteiger partial charge in [-0.25, -0.2) is 4.79 Å². The minimum absolute atomic E-state index is 0.143. The zero-order chi connectivity index (χ0) is 24.0. The van der Waals surface area contributed by atoms with Crippen LogP contribution in [0.5, 0.6) is 5.75 Å². The fourth-order valence-corrected chi connectivity index (χ4v) is 4.28. The SMILES string of the molecule is COc1c(C)c2c(c(NC(C)C)c1C/C=C(\C)CCC(=O)OCCN1CCNC1)C(=O)OC2. The van der Waals surface area contributed by atoms with Gasteiger partial charge in [0.1, 0.15) is 19.0 Å². The second kappa shape index (κ2) is 11.5. The second-order valence-corrected chi connectivity index (χ2v) is 8.99. The minimum atomic E-state index is -0.298. The van der Waals surface area contributed by atoms with Gasteiger partial charge in [0.25, 0.3) is 0 Å². The third kappa shape index (κ3) is 6.26. The molecule has 8 nitrogen and oxygen atoms in total. The molecule has 33 heavy (non-hydrogen) atoms. The van der Waals surface area contributed by atoms with Crippen molar-refractivity contribution in [3.8, 4) is 5.75 Å². The molecule has 182 valence electrons. The average molecular weight is 460 g/mol. The van der Waals surface area contributed by atoms with E-state index in [1.807, 2.05) is 27.7 Å². The first-order valence-corrected chi connectivity index (χ1v) is 11.7. The van der Waals surface area contributed by atoms with Gasteiger partial charge in [-0.1, -0.05) is 11.6 Å². The molecular weight excluding hydrogens is 422 g/mol. The van der Waals surface area contributed by atoms with Gasteiger partial charge in [-0.3, -0.25) is 9.69 Å². The smallest absolute Gasteiger partial charge is 0.341 e. The van der Waals surface area contributed by atoms with Crippen molar-refractivity contribution >= 4 is 17.6 Å². The van der Waals surface area contributed by atoms with Gasteiger partial charge < -0.3 is 24.8 Å². The number of carbonyl (C=O) groups is 2. The highest BCUT2D eigenvalue weighted by Gasteiger charge is 2.32. The maximum absolute atomic E-state index is 12.5. The van der Waals surface area contributed by atoms with Gasteiger partial charge >= 0.3 is 11.9 Å². The molecule has 2 aliphatic heterocycles. The summed E-state index contributed by atoms with van der Waals surface area (Å²) in [6.07, 6.45) is 3.66. The van der Waals surface area contributed by atoms with Crippen molar-refractivity contribution in [3.05, 3.63) is 33.9 Å². The predicted molar refractivity (Wildman–Crippen MR) is 128 cm³/mol. The summed E-state index contributed by atoms with van der Waals surface area (Å²) in [5, 5.41) is 6.69. The van der Waals surface area contributed by atoms with Gasteiger partial charge in [0.15, 0.2) is 0 Å². The summed E-state index contributed by atoms with van der Waals surface area (Å²) in [5.74, 6) is 0.300. The lowest BCUT2D eigenvalue weighted by Gasteiger charge is -2.22. The molecule has 1 saturated heterocycles. The van der Waals surface area contributed by atoms with E-state index in [1.165, 1.54) is 0 Å². The number of fused-ring (bicyclic) bond motifs is 1. The van der Waals surface area contributed by atoms with Crippen molar-refractivity contribution in [1.82, 2.24) is 10.2 Å². The van der Waals surface area contributed by atoms with Gasteiger partial charge in [-0.15, -0.1) is 0 Å². The highest BCUT2D eigenvalue weighted by atomic mass is 16.5. The summed E-state index contributed by atoms with van der Waals surface area (Å²) in [4.78, 5) is 26.8. The highest BCUT2D eigenvalue weighted by Crippen LogP contribution is 2.41. The van der Waals surface area contributed by atoms with E-state index in [2.05, 4.69) is 21.6 Å². The molecule has 2 aliphatic rings. The zero-order valence-corrected chi connectivity index (χ0v) is 20.5. The Kier molecular flexibility index (Phi) is 8.74. The molecule has 0 aliphatic carbocycles. The largest absolute Gasteiger partial charge is 0.496 e. The molecular formula is C25H37N3O5. The molecule has 8 heteroatoms. The molecule has 2 heterocycles. The van der Waals surface area contributed by atoms with Gasteiger partial charge in [0, 0.05) is 49.9 Å². The van der Waals surface area contributed by atoms with Crippen molar-refractivity contribution in [2.75, 3.05) is 45.3 Å². The summed E-state index contributed by atoms with van der Waals surface area (Å²) in [6, 6.07) is 0.143. The lowest BCUT2D eigenvalue weighted by Crippen LogP contribution is -2.27. The van der Waals surface area contributed by atoms with Gasteiger partial charge in [0.2, 0.25) is 0 Å². The van der Waals surface area contributed by atoms with Crippen molar-refractivity contribution in [3.63, 3.8) is 0 Å². The minimum Gasteiger partial charge on any atom is -0.496 e. The van der Waals surface area contributed by atoms with E-state index in [4.69, 9.17) is 14.2 Å². The molecule has 1 aromatic carbocycles. The summed E-state index contributed by atoms with van der Waals surface area (Å²) < 4.78 is 16.5. The predicted octanol–water partition coefficient (Wildman–Crippen LogP) is 3.17. The second-order valence-electron chi connectivity index (χ2n) is 8.99. The number of cyclic esters (lactones) is 1. The summed E-state index contributed by atoms with van der Waals surface area (Å²) in [7, 11) is 1.65. The van der Waals surface area contributed by atoms with Crippen LogP contribution in [0.3, 0.4) is 0 Å². The van der Waals surface area contributed by atoms with Gasteiger partial charge in [0.05, 0.1) is 18.4 Å². The van der Waals surface area contributed by atoms with Crippen LogP contribution in [0.15, 0.2) is 11.6 Å². The van der Waals surface area contributed by atoms with E-state index in [9.17, 15) is 9.59 Å². The molecule has 1 aromatic rings. The zero-order valence-electron chi connectivity index (χ0n) is 20.5. The highest BCUT2D eigenvalue weighted by molar-refractivity contribution is 6.01. The lowest BCUT2D eigenvalue weighted by atomic mass is 9.93. The van der Waals surface area contributed by atoms with Crippen LogP contribution in [0.25, 0.3) is 0 Å². The number of esters is 2. The number of benzene rings is 1. The molecule has 0 bridgehead atoms. The first kappa shape index (κ1) is 25.1. The number of hydrogen-bond donors (Lipinski definition) is 2. The van der Waals surface area contributed by atoms with Crippen LogP contribution in [-0.4, -0.2) is 62.9 Å². The third-order valence-corrected chi connectivity index (χ3v) is 6.10. The monoisotopic (exact) mass is 459 g/mol.